The quantitative estimate of drug-likeness (QED) is 0.733. The Morgan fingerprint density at radius 3 is 2.76 bits per heavy atom. The van der Waals surface area contributed by atoms with E-state index in [1.807, 2.05) is 12.1 Å². The number of hydrogen-bond donors (Lipinski definition) is 0. The van der Waals surface area contributed by atoms with Gasteiger partial charge in [-0.3, -0.25) is 4.90 Å². The summed E-state index contributed by atoms with van der Waals surface area (Å²) < 4.78 is 0. The fourth-order valence-corrected chi connectivity index (χ4v) is 2.10. The molecular formula is C13H18N4. The zero-order valence-electron chi connectivity index (χ0n) is 10.6. The summed E-state index contributed by atoms with van der Waals surface area (Å²) in [5.74, 6) is 0.908. The maximum absolute atomic E-state index is 8.87. The molecule has 0 saturated carbocycles. The molecule has 0 radical (unpaired) electrons. The van der Waals surface area contributed by atoms with Crippen LogP contribution < -0.4 is 4.90 Å². The SMILES string of the molecule is CN1CCN(c2cccc(C#N)n2)CC1(C)C. The van der Waals surface area contributed by atoms with Gasteiger partial charge in [0, 0.05) is 25.2 Å². The van der Waals surface area contributed by atoms with Gasteiger partial charge >= 0.3 is 0 Å². The predicted molar refractivity (Wildman–Crippen MR) is 67.9 cm³/mol. The molecule has 2 heterocycles. The van der Waals surface area contributed by atoms with Crippen LogP contribution in [-0.2, 0) is 0 Å². The molecule has 1 aromatic rings. The summed E-state index contributed by atoms with van der Waals surface area (Å²) in [5, 5.41) is 8.87. The molecule has 0 aliphatic carbocycles. The average molecular weight is 230 g/mol. The number of hydrogen-bond acceptors (Lipinski definition) is 4. The molecule has 90 valence electrons. The highest BCUT2D eigenvalue weighted by molar-refractivity contribution is 5.42. The van der Waals surface area contributed by atoms with Crippen molar-refractivity contribution >= 4 is 5.82 Å². The molecule has 0 bridgehead atoms. The molecule has 1 aromatic heterocycles. The molecule has 1 aliphatic rings. The van der Waals surface area contributed by atoms with Gasteiger partial charge in [-0.25, -0.2) is 4.98 Å². The lowest BCUT2D eigenvalue weighted by Crippen LogP contribution is -2.57. The third kappa shape index (κ3) is 2.40. The third-order valence-electron chi connectivity index (χ3n) is 3.49. The summed E-state index contributed by atoms with van der Waals surface area (Å²) in [5.41, 5.74) is 0.627. The Morgan fingerprint density at radius 2 is 2.12 bits per heavy atom. The lowest BCUT2D eigenvalue weighted by Gasteiger charge is -2.45. The van der Waals surface area contributed by atoms with Crippen molar-refractivity contribution in [2.45, 2.75) is 19.4 Å². The van der Waals surface area contributed by atoms with Crippen LogP contribution >= 0.6 is 0 Å². The highest BCUT2D eigenvalue weighted by atomic mass is 15.3. The lowest BCUT2D eigenvalue weighted by atomic mass is 10.00. The van der Waals surface area contributed by atoms with E-state index in [0.717, 1.165) is 25.5 Å². The summed E-state index contributed by atoms with van der Waals surface area (Å²) in [4.78, 5) is 8.96. The fourth-order valence-electron chi connectivity index (χ4n) is 2.10. The Morgan fingerprint density at radius 1 is 1.35 bits per heavy atom. The summed E-state index contributed by atoms with van der Waals surface area (Å²) in [6.45, 7) is 7.37. The molecule has 4 heteroatoms. The molecule has 0 atom stereocenters. The Labute approximate surface area is 102 Å². The first-order chi connectivity index (χ1) is 8.03. The van der Waals surface area contributed by atoms with Gasteiger partial charge < -0.3 is 4.90 Å². The van der Waals surface area contributed by atoms with Crippen molar-refractivity contribution < 1.29 is 0 Å². The van der Waals surface area contributed by atoms with E-state index in [9.17, 15) is 0 Å². The highest BCUT2D eigenvalue weighted by Gasteiger charge is 2.31. The minimum atomic E-state index is 0.141. The minimum absolute atomic E-state index is 0.141. The van der Waals surface area contributed by atoms with Gasteiger partial charge in [-0.1, -0.05) is 6.07 Å². The Kier molecular flexibility index (Phi) is 3.03. The summed E-state index contributed by atoms with van der Waals surface area (Å²) in [7, 11) is 2.15. The van der Waals surface area contributed by atoms with Crippen LogP contribution in [0.1, 0.15) is 19.5 Å². The normalized spacial score (nSPS) is 20.0. The number of nitriles is 1. The van der Waals surface area contributed by atoms with Crippen LogP contribution in [0.5, 0.6) is 0 Å². The van der Waals surface area contributed by atoms with Gasteiger partial charge in [0.25, 0.3) is 0 Å². The van der Waals surface area contributed by atoms with Gasteiger partial charge in [0.05, 0.1) is 0 Å². The van der Waals surface area contributed by atoms with Gasteiger partial charge in [-0.05, 0) is 33.0 Å². The van der Waals surface area contributed by atoms with E-state index in [1.54, 1.807) is 6.07 Å². The van der Waals surface area contributed by atoms with Crippen molar-refractivity contribution in [3.63, 3.8) is 0 Å². The number of rotatable bonds is 1. The fraction of sp³-hybridized carbons (Fsp3) is 0.538. The molecule has 17 heavy (non-hydrogen) atoms. The Balaban J connectivity index is 2.21. The van der Waals surface area contributed by atoms with Crippen molar-refractivity contribution in [2.24, 2.45) is 0 Å². The molecule has 0 spiro atoms. The van der Waals surface area contributed by atoms with Crippen LogP contribution in [0.3, 0.4) is 0 Å². The second-order valence-corrected chi connectivity index (χ2v) is 5.15. The van der Waals surface area contributed by atoms with Gasteiger partial charge in [-0.2, -0.15) is 5.26 Å². The minimum Gasteiger partial charge on any atom is -0.353 e. The summed E-state index contributed by atoms with van der Waals surface area (Å²) in [6.07, 6.45) is 0. The number of piperazine rings is 1. The van der Waals surface area contributed by atoms with E-state index in [0.29, 0.717) is 5.69 Å². The molecule has 0 unspecified atom stereocenters. The maximum atomic E-state index is 8.87. The molecule has 0 N–H and O–H groups in total. The Bertz CT molecular complexity index is 447. The number of aromatic nitrogens is 1. The number of likely N-dealkylation sites (N-methyl/N-ethyl adjacent to an activating group) is 1. The van der Waals surface area contributed by atoms with E-state index in [2.05, 4.69) is 41.7 Å². The van der Waals surface area contributed by atoms with Gasteiger partial charge in [0.15, 0.2) is 0 Å². The summed E-state index contributed by atoms with van der Waals surface area (Å²) >= 11 is 0. The molecule has 1 fully saturated rings. The molecule has 0 amide bonds. The van der Waals surface area contributed by atoms with Crippen molar-refractivity contribution in [1.29, 1.82) is 5.26 Å². The number of pyridine rings is 1. The maximum Gasteiger partial charge on any atom is 0.142 e. The number of anilines is 1. The first kappa shape index (κ1) is 11.9. The van der Waals surface area contributed by atoms with Crippen molar-refractivity contribution in [2.75, 3.05) is 31.6 Å². The van der Waals surface area contributed by atoms with Crippen LogP contribution in [0.4, 0.5) is 5.82 Å². The van der Waals surface area contributed by atoms with Gasteiger partial charge in [0.2, 0.25) is 0 Å². The molecule has 0 aromatic carbocycles. The van der Waals surface area contributed by atoms with Gasteiger partial charge in [0.1, 0.15) is 17.6 Å². The molecule has 1 aliphatic heterocycles. The van der Waals surface area contributed by atoms with Crippen LogP contribution in [0, 0.1) is 11.3 Å². The third-order valence-corrected chi connectivity index (χ3v) is 3.49. The van der Waals surface area contributed by atoms with E-state index >= 15 is 0 Å². The van der Waals surface area contributed by atoms with E-state index in [1.165, 1.54) is 0 Å². The first-order valence-electron chi connectivity index (χ1n) is 5.86. The zero-order valence-corrected chi connectivity index (χ0v) is 10.6. The second kappa shape index (κ2) is 4.34. The smallest absolute Gasteiger partial charge is 0.142 e. The van der Waals surface area contributed by atoms with Crippen LogP contribution in [-0.4, -0.2) is 42.1 Å². The topological polar surface area (TPSA) is 43.2 Å². The Hall–Kier alpha value is -1.60. The second-order valence-electron chi connectivity index (χ2n) is 5.15. The van der Waals surface area contributed by atoms with Crippen molar-refractivity contribution in [3.8, 4) is 6.07 Å². The van der Waals surface area contributed by atoms with Gasteiger partial charge in [-0.15, -0.1) is 0 Å². The average Bonchev–Trinajstić information content (AvgIpc) is 2.32. The molecule has 2 rings (SSSR count). The first-order valence-corrected chi connectivity index (χ1v) is 5.86. The summed E-state index contributed by atoms with van der Waals surface area (Å²) in [6, 6.07) is 7.70. The van der Waals surface area contributed by atoms with Crippen LogP contribution in [0.2, 0.25) is 0 Å². The molecule has 4 nitrogen and oxygen atoms in total. The zero-order chi connectivity index (χ0) is 12.5. The molecular weight excluding hydrogens is 212 g/mol. The predicted octanol–water partition coefficient (Wildman–Crippen LogP) is 1.48. The largest absolute Gasteiger partial charge is 0.353 e. The lowest BCUT2D eigenvalue weighted by molar-refractivity contribution is 0.138. The number of nitrogens with zero attached hydrogens (tertiary/aromatic N) is 4. The van der Waals surface area contributed by atoms with Crippen LogP contribution in [0.25, 0.3) is 0 Å². The van der Waals surface area contributed by atoms with Crippen molar-refractivity contribution in [1.82, 2.24) is 9.88 Å². The van der Waals surface area contributed by atoms with E-state index < -0.39 is 0 Å². The standard InChI is InChI=1S/C13H18N4/c1-13(2)10-17(8-7-16(13)3)12-6-4-5-11(9-14)15-12/h4-6H,7-8,10H2,1-3H3. The monoisotopic (exact) mass is 230 g/mol. The molecule has 1 saturated heterocycles. The van der Waals surface area contributed by atoms with Crippen molar-refractivity contribution in [3.05, 3.63) is 23.9 Å². The van der Waals surface area contributed by atoms with Crippen LogP contribution in [0.15, 0.2) is 18.2 Å². The highest BCUT2D eigenvalue weighted by Crippen LogP contribution is 2.22. The van der Waals surface area contributed by atoms with E-state index in [4.69, 9.17) is 5.26 Å². The van der Waals surface area contributed by atoms with E-state index in [-0.39, 0.29) is 5.54 Å².